The lowest BCUT2D eigenvalue weighted by Crippen LogP contribution is -2.49. The monoisotopic (exact) mass is 602 g/mol. The molecule has 4 aromatic rings. The number of benzene rings is 2. The third-order valence-corrected chi connectivity index (χ3v) is 7.89. The molecule has 1 fully saturated rings. The molecule has 2 aromatic carbocycles. The van der Waals surface area contributed by atoms with Crippen LogP contribution < -0.4 is 20.7 Å². The second-order valence-corrected chi connectivity index (χ2v) is 11.0. The van der Waals surface area contributed by atoms with Crippen LogP contribution in [0, 0.1) is 5.82 Å². The number of piperazine rings is 1. The first-order valence-corrected chi connectivity index (χ1v) is 15.1. The number of amides is 2. The van der Waals surface area contributed by atoms with E-state index in [-0.39, 0.29) is 23.2 Å². The van der Waals surface area contributed by atoms with Crippen molar-refractivity contribution >= 4 is 28.5 Å². The summed E-state index contributed by atoms with van der Waals surface area (Å²) in [5, 5.41) is 10.5. The number of fused-ring (bicyclic) bond motifs is 1. The number of ether oxygens (including phenoxy) is 1. The Hall–Kier alpha value is -4.58. The van der Waals surface area contributed by atoms with Crippen molar-refractivity contribution in [1.82, 2.24) is 30.4 Å². The Bertz CT molecular complexity index is 1570. The van der Waals surface area contributed by atoms with Gasteiger partial charge in [-0.15, -0.1) is 0 Å². The van der Waals surface area contributed by atoms with Crippen molar-refractivity contribution in [3.8, 4) is 28.4 Å². The fourth-order valence-corrected chi connectivity index (χ4v) is 5.46. The van der Waals surface area contributed by atoms with E-state index in [0.717, 1.165) is 69.5 Å². The van der Waals surface area contributed by atoms with E-state index in [2.05, 4.69) is 47.4 Å². The van der Waals surface area contributed by atoms with E-state index in [1.807, 2.05) is 12.1 Å². The van der Waals surface area contributed by atoms with Crippen LogP contribution in [0.2, 0.25) is 0 Å². The second kappa shape index (κ2) is 14.7. The molecule has 0 radical (unpaired) electrons. The van der Waals surface area contributed by atoms with Crippen molar-refractivity contribution in [3.05, 3.63) is 54.5 Å². The topological polar surface area (TPSA) is 142 Å². The lowest BCUT2D eigenvalue weighted by molar-refractivity contribution is -0.122. The number of methoxy groups -OCH3 is 1. The molecule has 12 heteroatoms. The molecular formula is C32H39FN8O3. The summed E-state index contributed by atoms with van der Waals surface area (Å²) in [6.45, 7) is 4.34. The van der Waals surface area contributed by atoms with Crippen LogP contribution in [-0.4, -0.2) is 83.3 Å². The van der Waals surface area contributed by atoms with Crippen molar-refractivity contribution < 1.29 is 18.7 Å². The smallest absolute Gasteiger partial charge is 0.234 e. The number of primary amides is 1. The maximum atomic E-state index is 14.7. The molecule has 44 heavy (non-hydrogen) atoms. The first-order valence-electron chi connectivity index (χ1n) is 15.1. The summed E-state index contributed by atoms with van der Waals surface area (Å²) in [7, 11) is 1.49. The lowest BCUT2D eigenvalue weighted by atomic mass is 10.1. The Labute approximate surface area is 256 Å². The molecule has 0 aliphatic carbocycles. The second-order valence-electron chi connectivity index (χ2n) is 11.0. The molecular weight excluding hydrogens is 563 g/mol. The van der Waals surface area contributed by atoms with Crippen molar-refractivity contribution in [2.24, 2.45) is 5.73 Å². The normalized spacial score (nSPS) is 13.7. The van der Waals surface area contributed by atoms with Gasteiger partial charge in [0.2, 0.25) is 11.8 Å². The van der Waals surface area contributed by atoms with Gasteiger partial charge in [0.05, 0.1) is 25.4 Å². The molecule has 0 unspecified atom stereocenters. The molecule has 0 spiro atoms. The number of unbranched alkanes of at least 4 members (excludes halogenated alkanes) is 4. The fraction of sp³-hybridized carbons (Fsp3) is 0.406. The predicted molar refractivity (Wildman–Crippen MR) is 168 cm³/mol. The number of anilines is 1. The Balaban J connectivity index is 1.12. The van der Waals surface area contributed by atoms with E-state index in [0.29, 0.717) is 42.0 Å². The van der Waals surface area contributed by atoms with Gasteiger partial charge < -0.3 is 20.7 Å². The number of nitrogens with one attached hydrogen (secondary N) is 2. The highest BCUT2D eigenvalue weighted by molar-refractivity contribution is 5.90. The number of halogens is 1. The molecule has 3 heterocycles. The maximum absolute atomic E-state index is 14.7. The van der Waals surface area contributed by atoms with Crippen LogP contribution in [0.25, 0.3) is 33.7 Å². The first-order chi connectivity index (χ1) is 21.4. The SMILES string of the molecule is COc1cccc(F)c1-c1ncc2[nH]nc(-c3ccc(N4CCN(CC(=O)NCCCCCCCC(N)=O)CC4)cc3)c2n1. The zero-order valence-electron chi connectivity index (χ0n) is 25.0. The summed E-state index contributed by atoms with van der Waals surface area (Å²) in [5.74, 6) is -0.0528. The summed E-state index contributed by atoms with van der Waals surface area (Å²) in [6.07, 6.45) is 6.90. The summed E-state index contributed by atoms with van der Waals surface area (Å²) < 4.78 is 20.0. The largest absolute Gasteiger partial charge is 0.496 e. The van der Waals surface area contributed by atoms with E-state index in [9.17, 15) is 14.0 Å². The van der Waals surface area contributed by atoms with Gasteiger partial charge in [-0.1, -0.05) is 37.5 Å². The van der Waals surface area contributed by atoms with Crippen LogP contribution in [0.3, 0.4) is 0 Å². The Morgan fingerprint density at radius 1 is 1.02 bits per heavy atom. The van der Waals surface area contributed by atoms with Gasteiger partial charge in [0, 0.05) is 50.4 Å². The van der Waals surface area contributed by atoms with Gasteiger partial charge >= 0.3 is 0 Å². The van der Waals surface area contributed by atoms with Gasteiger partial charge in [-0.05, 0) is 37.1 Å². The molecule has 1 saturated heterocycles. The number of aromatic amines is 1. The zero-order chi connectivity index (χ0) is 30.9. The number of carbonyl (C=O) groups excluding carboxylic acids is 2. The van der Waals surface area contributed by atoms with Gasteiger partial charge in [0.25, 0.3) is 0 Å². The van der Waals surface area contributed by atoms with Crippen molar-refractivity contribution in [1.29, 1.82) is 0 Å². The van der Waals surface area contributed by atoms with E-state index >= 15 is 0 Å². The van der Waals surface area contributed by atoms with Crippen LogP contribution in [0.15, 0.2) is 48.7 Å². The van der Waals surface area contributed by atoms with Crippen LogP contribution in [0.4, 0.5) is 10.1 Å². The molecule has 0 atom stereocenters. The zero-order valence-corrected chi connectivity index (χ0v) is 25.0. The minimum absolute atomic E-state index is 0.0585. The van der Waals surface area contributed by atoms with Gasteiger partial charge in [0.15, 0.2) is 5.82 Å². The highest BCUT2D eigenvalue weighted by atomic mass is 19.1. The number of nitrogens with two attached hydrogens (primary N) is 1. The molecule has 0 saturated carbocycles. The van der Waals surface area contributed by atoms with Gasteiger partial charge in [-0.3, -0.25) is 19.6 Å². The van der Waals surface area contributed by atoms with Crippen molar-refractivity contribution in [3.63, 3.8) is 0 Å². The molecule has 5 rings (SSSR count). The third-order valence-electron chi connectivity index (χ3n) is 7.89. The van der Waals surface area contributed by atoms with Gasteiger partial charge in [-0.25, -0.2) is 14.4 Å². The molecule has 2 aromatic heterocycles. The fourth-order valence-electron chi connectivity index (χ4n) is 5.46. The average molecular weight is 603 g/mol. The van der Waals surface area contributed by atoms with E-state index in [4.69, 9.17) is 10.5 Å². The number of hydrogen-bond acceptors (Lipinski definition) is 8. The van der Waals surface area contributed by atoms with E-state index < -0.39 is 5.82 Å². The standard InChI is InChI=1S/C32H39FN8O3/c1-44-26-9-7-8-24(33)29(26)32-36-20-25-31(37-32)30(39-38-25)22-11-13-23(14-12-22)41-18-16-40(17-19-41)21-28(43)35-15-6-4-2-3-5-10-27(34)42/h7-9,11-14,20H,2-6,10,15-19,21H2,1H3,(H2,34,42)(H,35,43)(H,38,39). The lowest BCUT2D eigenvalue weighted by Gasteiger charge is -2.35. The molecule has 0 bridgehead atoms. The Kier molecular flexibility index (Phi) is 10.3. The van der Waals surface area contributed by atoms with Crippen LogP contribution in [-0.2, 0) is 9.59 Å². The summed E-state index contributed by atoms with van der Waals surface area (Å²) in [4.78, 5) is 36.7. The summed E-state index contributed by atoms with van der Waals surface area (Å²) in [6, 6.07) is 12.8. The van der Waals surface area contributed by atoms with Crippen LogP contribution in [0.5, 0.6) is 5.75 Å². The van der Waals surface area contributed by atoms with Gasteiger partial charge in [0.1, 0.15) is 28.3 Å². The maximum Gasteiger partial charge on any atom is 0.234 e. The predicted octanol–water partition coefficient (Wildman–Crippen LogP) is 3.90. The van der Waals surface area contributed by atoms with Gasteiger partial charge in [-0.2, -0.15) is 5.10 Å². The van der Waals surface area contributed by atoms with E-state index in [1.54, 1.807) is 18.3 Å². The highest BCUT2D eigenvalue weighted by Gasteiger charge is 2.21. The summed E-state index contributed by atoms with van der Waals surface area (Å²) in [5.41, 5.74) is 9.25. The van der Waals surface area contributed by atoms with Crippen LogP contribution >= 0.6 is 0 Å². The molecule has 232 valence electrons. The molecule has 1 aliphatic heterocycles. The highest BCUT2D eigenvalue weighted by Crippen LogP contribution is 2.33. The minimum Gasteiger partial charge on any atom is -0.496 e. The van der Waals surface area contributed by atoms with Crippen molar-refractivity contribution in [2.45, 2.75) is 38.5 Å². The first kappa shape index (κ1) is 30.9. The number of rotatable bonds is 14. The average Bonchev–Trinajstić information content (AvgIpc) is 3.46. The summed E-state index contributed by atoms with van der Waals surface area (Å²) >= 11 is 0. The number of H-pyrrole nitrogens is 1. The number of hydrogen-bond donors (Lipinski definition) is 3. The molecule has 2 amide bonds. The molecule has 4 N–H and O–H groups in total. The van der Waals surface area contributed by atoms with Crippen molar-refractivity contribution in [2.75, 3.05) is 51.3 Å². The Morgan fingerprint density at radius 2 is 1.77 bits per heavy atom. The molecule has 11 nitrogen and oxygen atoms in total. The number of carbonyl (C=O) groups is 2. The minimum atomic E-state index is -0.458. The van der Waals surface area contributed by atoms with E-state index in [1.165, 1.54) is 13.2 Å². The molecule has 1 aliphatic rings. The Morgan fingerprint density at radius 3 is 2.52 bits per heavy atom. The number of aromatic nitrogens is 4. The van der Waals surface area contributed by atoms with Crippen LogP contribution in [0.1, 0.15) is 38.5 Å². The quantitative estimate of drug-likeness (QED) is 0.185. The third kappa shape index (κ3) is 7.67. The number of nitrogens with zero attached hydrogens (tertiary/aromatic N) is 5.